The van der Waals surface area contributed by atoms with Crippen molar-refractivity contribution in [1.29, 1.82) is 0 Å². The third kappa shape index (κ3) is 2.94. The summed E-state index contributed by atoms with van der Waals surface area (Å²) in [5, 5.41) is 11.4. The minimum atomic E-state index is -0.0455. The second-order valence-corrected chi connectivity index (χ2v) is 6.61. The van der Waals surface area contributed by atoms with Gasteiger partial charge >= 0.3 is 0 Å². The topological polar surface area (TPSA) is 73.6 Å². The van der Waals surface area contributed by atoms with Crippen molar-refractivity contribution >= 4 is 16.8 Å². The summed E-state index contributed by atoms with van der Waals surface area (Å²) in [5.74, 6) is 0.396. The summed E-state index contributed by atoms with van der Waals surface area (Å²) in [6.07, 6.45) is 9.65. The lowest BCUT2D eigenvalue weighted by Gasteiger charge is -2.21. The van der Waals surface area contributed by atoms with Gasteiger partial charge < -0.3 is 10.3 Å². The van der Waals surface area contributed by atoms with Gasteiger partial charge in [0.05, 0.1) is 17.5 Å². The first-order valence-corrected chi connectivity index (χ1v) is 8.69. The van der Waals surface area contributed by atoms with E-state index in [1.807, 2.05) is 18.3 Å². The van der Waals surface area contributed by atoms with Gasteiger partial charge in [0.1, 0.15) is 0 Å². The number of amides is 1. The van der Waals surface area contributed by atoms with E-state index >= 15 is 0 Å². The molecule has 2 aromatic heterocycles. The minimum Gasteiger partial charge on any atom is -0.361 e. The second kappa shape index (κ2) is 6.51. The first-order chi connectivity index (χ1) is 11.8. The van der Waals surface area contributed by atoms with Gasteiger partial charge in [0.2, 0.25) is 0 Å². The molecule has 5 nitrogen and oxygen atoms in total. The average molecular weight is 322 g/mol. The molecule has 0 bridgehead atoms. The lowest BCUT2D eigenvalue weighted by atomic mass is 9.85. The van der Waals surface area contributed by atoms with Crippen LogP contribution in [-0.4, -0.2) is 21.1 Å². The number of benzene rings is 1. The summed E-state index contributed by atoms with van der Waals surface area (Å²) >= 11 is 0. The summed E-state index contributed by atoms with van der Waals surface area (Å²) in [6, 6.07) is 8.24. The van der Waals surface area contributed by atoms with Crippen LogP contribution in [0.3, 0.4) is 0 Å². The maximum Gasteiger partial charge on any atom is 0.255 e. The molecular weight excluding hydrogens is 300 g/mol. The molecule has 0 aliphatic heterocycles. The lowest BCUT2D eigenvalue weighted by molar-refractivity contribution is 0.0949. The Balaban J connectivity index is 1.45. The van der Waals surface area contributed by atoms with Gasteiger partial charge in [-0.15, -0.1) is 0 Å². The number of hydrogen-bond donors (Lipinski definition) is 3. The SMILES string of the molecule is O=C(NCc1ccc2cc[nH]c2c1)c1cn[nH]c1C1CCCCC1. The Kier molecular flexibility index (Phi) is 4.07. The Morgan fingerprint density at radius 2 is 2.08 bits per heavy atom. The molecule has 0 unspecified atom stereocenters. The maximum absolute atomic E-state index is 12.6. The van der Waals surface area contributed by atoms with Crippen LogP contribution < -0.4 is 5.32 Å². The summed E-state index contributed by atoms with van der Waals surface area (Å²) in [6.45, 7) is 0.517. The van der Waals surface area contributed by atoms with E-state index in [2.05, 4.69) is 32.6 Å². The fourth-order valence-electron chi connectivity index (χ4n) is 3.66. The number of hydrogen-bond acceptors (Lipinski definition) is 2. The Morgan fingerprint density at radius 3 is 2.96 bits per heavy atom. The van der Waals surface area contributed by atoms with E-state index in [1.54, 1.807) is 6.20 Å². The second-order valence-electron chi connectivity index (χ2n) is 6.61. The zero-order valence-corrected chi connectivity index (χ0v) is 13.6. The van der Waals surface area contributed by atoms with Crippen molar-refractivity contribution in [3.05, 3.63) is 53.5 Å². The number of fused-ring (bicyclic) bond motifs is 1. The monoisotopic (exact) mass is 322 g/mol. The predicted molar refractivity (Wildman–Crippen MR) is 93.9 cm³/mol. The van der Waals surface area contributed by atoms with E-state index in [4.69, 9.17) is 0 Å². The van der Waals surface area contributed by atoms with E-state index in [9.17, 15) is 4.79 Å². The van der Waals surface area contributed by atoms with Gasteiger partial charge in [-0.25, -0.2) is 0 Å². The Hall–Kier alpha value is -2.56. The lowest BCUT2D eigenvalue weighted by Crippen LogP contribution is -2.24. The van der Waals surface area contributed by atoms with Crippen molar-refractivity contribution in [3.63, 3.8) is 0 Å². The number of carbonyl (C=O) groups is 1. The molecule has 4 rings (SSSR count). The first kappa shape index (κ1) is 15.0. The molecule has 0 atom stereocenters. The van der Waals surface area contributed by atoms with E-state index in [-0.39, 0.29) is 5.91 Å². The van der Waals surface area contributed by atoms with Gasteiger partial charge in [0.15, 0.2) is 0 Å². The van der Waals surface area contributed by atoms with Crippen LogP contribution in [0.15, 0.2) is 36.7 Å². The highest BCUT2D eigenvalue weighted by atomic mass is 16.1. The maximum atomic E-state index is 12.6. The molecule has 1 aliphatic carbocycles. The molecule has 0 spiro atoms. The fourth-order valence-corrected chi connectivity index (χ4v) is 3.66. The number of nitrogens with one attached hydrogen (secondary N) is 3. The van der Waals surface area contributed by atoms with Crippen molar-refractivity contribution in [2.75, 3.05) is 0 Å². The minimum absolute atomic E-state index is 0.0455. The summed E-state index contributed by atoms with van der Waals surface area (Å²) in [7, 11) is 0. The number of aromatic nitrogens is 3. The molecule has 1 aromatic carbocycles. The van der Waals surface area contributed by atoms with Crippen LogP contribution in [0.1, 0.15) is 59.6 Å². The molecule has 24 heavy (non-hydrogen) atoms. The summed E-state index contributed by atoms with van der Waals surface area (Å²) in [4.78, 5) is 15.8. The van der Waals surface area contributed by atoms with Crippen LogP contribution in [0.25, 0.3) is 10.9 Å². The Labute approximate surface area is 140 Å². The fraction of sp³-hybridized carbons (Fsp3) is 0.368. The highest BCUT2D eigenvalue weighted by molar-refractivity contribution is 5.95. The van der Waals surface area contributed by atoms with Gasteiger partial charge in [-0.2, -0.15) is 5.10 Å². The molecule has 0 radical (unpaired) electrons. The van der Waals surface area contributed by atoms with Crippen LogP contribution in [0.5, 0.6) is 0 Å². The van der Waals surface area contributed by atoms with E-state index in [0.717, 1.165) is 29.6 Å². The van der Waals surface area contributed by atoms with Crippen LogP contribution in [0.4, 0.5) is 0 Å². The predicted octanol–water partition coefficient (Wildman–Crippen LogP) is 3.87. The molecule has 0 saturated heterocycles. The zero-order chi connectivity index (χ0) is 16.4. The number of H-pyrrole nitrogens is 2. The quantitative estimate of drug-likeness (QED) is 0.682. The summed E-state index contributed by atoms with van der Waals surface area (Å²) < 4.78 is 0. The molecule has 5 heteroatoms. The standard InChI is InChI=1S/C19H22N4O/c24-19(16-12-22-23-18(16)15-4-2-1-3-5-15)21-11-13-6-7-14-8-9-20-17(14)10-13/h6-10,12,15,20H,1-5,11H2,(H,21,24)(H,22,23). The van der Waals surface area contributed by atoms with E-state index < -0.39 is 0 Å². The largest absolute Gasteiger partial charge is 0.361 e. The van der Waals surface area contributed by atoms with Crippen LogP contribution in [0.2, 0.25) is 0 Å². The first-order valence-electron chi connectivity index (χ1n) is 8.69. The highest BCUT2D eigenvalue weighted by Crippen LogP contribution is 2.33. The van der Waals surface area contributed by atoms with Crippen molar-refractivity contribution in [1.82, 2.24) is 20.5 Å². The van der Waals surface area contributed by atoms with Crippen molar-refractivity contribution in [2.45, 2.75) is 44.6 Å². The molecule has 124 valence electrons. The smallest absolute Gasteiger partial charge is 0.255 e. The molecule has 1 amide bonds. The molecule has 3 N–H and O–H groups in total. The van der Waals surface area contributed by atoms with Gasteiger partial charge in [0.25, 0.3) is 5.91 Å². The van der Waals surface area contributed by atoms with Crippen LogP contribution in [0, 0.1) is 0 Å². The molecule has 2 heterocycles. The third-order valence-corrected chi connectivity index (χ3v) is 5.00. The van der Waals surface area contributed by atoms with Gasteiger partial charge in [-0.05, 0) is 35.9 Å². The Bertz CT molecular complexity index is 842. The summed E-state index contributed by atoms with van der Waals surface area (Å²) in [5.41, 5.74) is 3.88. The Morgan fingerprint density at radius 1 is 1.21 bits per heavy atom. The van der Waals surface area contributed by atoms with Crippen molar-refractivity contribution < 1.29 is 4.79 Å². The van der Waals surface area contributed by atoms with E-state index in [1.165, 1.54) is 24.6 Å². The molecule has 1 aliphatic rings. The third-order valence-electron chi connectivity index (χ3n) is 5.00. The molecule has 1 saturated carbocycles. The molecule has 1 fully saturated rings. The number of aromatic amines is 2. The average Bonchev–Trinajstić information content (AvgIpc) is 3.29. The number of carbonyl (C=O) groups excluding carboxylic acids is 1. The number of nitrogens with zero attached hydrogens (tertiary/aromatic N) is 1. The van der Waals surface area contributed by atoms with Crippen molar-refractivity contribution in [3.8, 4) is 0 Å². The van der Waals surface area contributed by atoms with Crippen LogP contribution >= 0.6 is 0 Å². The molecular formula is C19H22N4O. The van der Waals surface area contributed by atoms with Gasteiger partial charge in [-0.1, -0.05) is 31.4 Å². The highest BCUT2D eigenvalue weighted by Gasteiger charge is 2.23. The molecule has 3 aromatic rings. The zero-order valence-electron chi connectivity index (χ0n) is 13.6. The number of rotatable bonds is 4. The van der Waals surface area contributed by atoms with Crippen molar-refractivity contribution in [2.24, 2.45) is 0 Å². The van der Waals surface area contributed by atoms with E-state index in [0.29, 0.717) is 18.0 Å². The van der Waals surface area contributed by atoms with Gasteiger partial charge in [-0.3, -0.25) is 9.89 Å². The van der Waals surface area contributed by atoms with Gasteiger partial charge in [0, 0.05) is 24.2 Å². The van der Waals surface area contributed by atoms with Crippen LogP contribution in [-0.2, 0) is 6.54 Å². The normalized spacial score (nSPS) is 15.7.